The van der Waals surface area contributed by atoms with Crippen LogP contribution < -0.4 is 0 Å². The van der Waals surface area contributed by atoms with E-state index in [2.05, 4.69) is 62.4 Å². The van der Waals surface area contributed by atoms with Crippen LogP contribution in [0.15, 0.2) is 48.6 Å². The molecule has 2 atom stereocenters. The first-order valence-electron chi connectivity index (χ1n) is 11.2. The summed E-state index contributed by atoms with van der Waals surface area (Å²) >= 11 is 0. The molecule has 142 valence electrons. The Morgan fingerprint density at radius 2 is 1.58 bits per heavy atom. The summed E-state index contributed by atoms with van der Waals surface area (Å²) in [6, 6.07) is 9.49. The molecular formula is C26H38. The van der Waals surface area contributed by atoms with Crippen LogP contribution in [0.25, 0.3) is 0 Å². The van der Waals surface area contributed by atoms with E-state index in [9.17, 15) is 0 Å². The Labute approximate surface area is 161 Å². The van der Waals surface area contributed by atoms with E-state index < -0.39 is 0 Å². The number of hydrogen-bond donors (Lipinski definition) is 0. The molecule has 0 aromatic heterocycles. The maximum absolute atomic E-state index is 2.55. The Kier molecular flexibility index (Phi) is 7.59. The minimum absolute atomic E-state index is 0.701. The number of benzene rings is 1. The van der Waals surface area contributed by atoms with E-state index in [1.54, 1.807) is 5.56 Å². The van der Waals surface area contributed by atoms with Crippen LogP contribution in [0.2, 0.25) is 0 Å². The molecule has 0 spiro atoms. The third kappa shape index (κ3) is 5.60. The van der Waals surface area contributed by atoms with Gasteiger partial charge in [0.2, 0.25) is 0 Å². The average Bonchev–Trinajstić information content (AvgIpc) is 2.69. The van der Waals surface area contributed by atoms with Gasteiger partial charge in [0.15, 0.2) is 0 Å². The standard InChI is InChI=1S/C26H38/c1-3-5-21-7-9-23(10-8-21)11-12-24-15-19-26(20-16-24)25-17-13-22(6-4-2)14-18-25/h7,9,11-14,17-18,21,23-24,26H,3-6,8,10,15-16,19-20H2,1-2H3. The van der Waals surface area contributed by atoms with Crippen LogP contribution in [-0.4, -0.2) is 0 Å². The normalized spacial score (nSPS) is 29.3. The molecule has 1 saturated carbocycles. The molecule has 1 aromatic carbocycles. The molecular weight excluding hydrogens is 312 g/mol. The molecule has 0 saturated heterocycles. The summed E-state index contributed by atoms with van der Waals surface area (Å²) in [7, 11) is 0. The zero-order valence-corrected chi connectivity index (χ0v) is 17.0. The van der Waals surface area contributed by atoms with Gasteiger partial charge < -0.3 is 0 Å². The van der Waals surface area contributed by atoms with Crippen molar-refractivity contribution in [3.8, 4) is 0 Å². The van der Waals surface area contributed by atoms with Crippen LogP contribution in [0.1, 0.15) is 88.7 Å². The lowest BCUT2D eigenvalue weighted by molar-refractivity contribution is 0.374. The lowest BCUT2D eigenvalue weighted by Crippen LogP contribution is -2.12. The molecule has 1 aromatic rings. The van der Waals surface area contributed by atoms with Crippen molar-refractivity contribution in [1.29, 1.82) is 0 Å². The topological polar surface area (TPSA) is 0 Å². The van der Waals surface area contributed by atoms with Gasteiger partial charge in [-0.15, -0.1) is 0 Å². The first-order chi connectivity index (χ1) is 12.8. The van der Waals surface area contributed by atoms with Crippen LogP contribution in [-0.2, 0) is 6.42 Å². The summed E-state index contributed by atoms with van der Waals surface area (Å²) < 4.78 is 0. The molecule has 0 N–H and O–H groups in total. The van der Waals surface area contributed by atoms with Crippen molar-refractivity contribution in [2.75, 3.05) is 0 Å². The highest BCUT2D eigenvalue weighted by molar-refractivity contribution is 5.26. The molecule has 0 heterocycles. The summed E-state index contributed by atoms with van der Waals surface area (Å²) in [5.74, 6) is 3.16. The van der Waals surface area contributed by atoms with Crippen LogP contribution in [0, 0.1) is 17.8 Å². The molecule has 26 heavy (non-hydrogen) atoms. The highest BCUT2D eigenvalue weighted by Crippen LogP contribution is 2.37. The number of rotatable bonds is 7. The van der Waals surface area contributed by atoms with Gasteiger partial charge in [0.05, 0.1) is 0 Å². The second kappa shape index (κ2) is 10.1. The first kappa shape index (κ1) is 19.5. The zero-order valence-electron chi connectivity index (χ0n) is 17.0. The molecule has 0 nitrogen and oxygen atoms in total. The van der Waals surface area contributed by atoms with Gasteiger partial charge in [-0.05, 0) is 86.2 Å². The molecule has 2 aliphatic carbocycles. The summed E-state index contributed by atoms with van der Waals surface area (Å²) in [6.45, 7) is 4.56. The van der Waals surface area contributed by atoms with Gasteiger partial charge in [-0.2, -0.15) is 0 Å². The van der Waals surface area contributed by atoms with Crippen molar-refractivity contribution < 1.29 is 0 Å². The minimum Gasteiger partial charge on any atom is -0.0848 e. The second-order valence-electron chi connectivity index (χ2n) is 8.66. The van der Waals surface area contributed by atoms with E-state index in [-0.39, 0.29) is 0 Å². The first-order valence-corrected chi connectivity index (χ1v) is 11.2. The number of hydrogen-bond acceptors (Lipinski definition) is 0. The molecule has 2 aliphatic rings. The van der Waals surface area contributed by atoms with Crippen LogP contribution in [0.3, 0.4) is 0 Å². The predicted molar refractivity (Wildman–Crippen MR) is 115 cm³/mol. The van der Waals surface area contributed by atoms with Crippen LogP contribution in [0.4, 0.5) is 0 Å². The highest BCUT2D eigenvalue weighted by Gasteiger charge is 2.21. The van der Waals surface area contributed by atoms with E-state index in [1.165, 1.54) is 69.8 Å². The van der Waals surface area contributed by atoms with Crippen molar-refractivity contribution in [1.82, 2.24) is 0 Å². The average molecular weight is 351 g/mol. The number of aryl methyl sites for hydroxylation is 1. The fraction of sp³-hybridized carbons (Fsp3) is 0.615. The van der Waals surface area contributed by atoms with Gasteiger partial charge in [-0.3, -0.25) is 0 Å². The van der Waals surface area contributed by atoms with E-state index in [0.29, 0.717) is 5.92 Å². The van der Waals surface area contributed by atoms with E-state index in [4.69, 9.17) is 0 Å². The smallest absolute Gasteiger partial charge is 0.00531 e. The fourth-order valence-electron chi connectivity index (χ4n) is 4.86. The van der Waals surface area contributed by atoms with Crippen LogP contribution in [0.5, 0.6) is 0 Å². The monoisotopic (exact) mass is 350 g/mol. The third-order valence-corrected chi connectivity index (χ3v) is 6.55. The Morgan fingerprint density at radius 3 is 2.19 bits per heavy atom. The summed E-state index contributed by atoms with van der Waals surface area (Å²) in [5, 5.41) is 0. The minimum atomic E-state index is 0.701. The second-order valence-corrected chi connectivity index (χ2v) is 8.66. The lowest BCUT2D eigenvalue weighted by atomic mass is 9.78. The van der Waals surface area contributed by atoms with E-state index >= 15 is 0 Å². The van der Waals surface area contributed by atoms with Crippen molar-refractivity contribution >= 4 is 0 Å². The van der Waals surface area contributed by atoms with Gasteiger partial charge in [0.25, 0.3) is 0 Å². The van der Waals surface area contributed by atoms with Gasteiger partial charge in [0, 0.05) is 0 Å². The van der Waals surface area contributed by atoms with Gasteiger partial charge >= 0.3 is 0 Å². The fourth-order valence-corrected chi connectivity index (χ4v) is 4.86. The predicted octanol–water partition coefficient (Wildman–Crippen LogP) is 7.85. The Morgan fingerprint density at radius 1 is 0.808 bits per heavy atom. The maximum atomic E-state index is 2.55. The number of allylic oxidation sites excluding steroid dienone is 4. The van der Waals surface area contributed by atoms with Gasteiger partial charge in [0.1, 0.15) is 0 Å². The summed E-state index contributed by atoms with van der Waals surface area (Å²) in [5.41, 5.74) is 3.07. The zero-order chi connectivity index (χ0) is 18.2. The quantitative estimate of drug-likeness (QED) is 0.439. The Hall–Kier alpha value is -1.30. The SMILES string of the molecule is CCCc1ccc(C2CCC(C=CC3C=CC(CCC)CC3)CC2)cc1. The van der Waals surface area contributed by atoms with E-state index in [0.717, 1.165) is 17.8 Å². The van der Waals surface area contributed by atoms with E-state index in [1.807, 2.05) is 0 Å². The van der Waals surface area contributed by atoms with Gasteiger partial charge in [-0.1, -0.05) is 75.3 Å². The van der Waals surface area contributed by atoms with Crippen molar-refractivity contribution in [3.63, 3.8) is 0 Å². The molecule has 0 bridgehead atoms. The summed E-state index contributed by atoms with van der Waals surface area (Å²) in [4.78, 5) is 0. The molecule has 3 rings (SSSR count). The summed E-state index contributed by atoms with van der Waals surface area (Å²) in [6.07, 6.45) is 23.4. The Bertz CT molecular complexity index is 569. The molecule has 2 unspecified atom stereocenters. The molecule has 0 amide bonds. The van der Waals surface area contributed by atoms with Crippen molar-refractivity contribution in [2.45, 2.75) is 84.0 Å². The van der Waals surface area contributed by atoms with Crippen molar-refractivity contribution in [3.05, 3.63) is 59.7 Å². The maximum Gasteiger partial charge on any atom is -0.00531 e. The molecule has 0 heteroatoms. The van der Waals surface area contributed by atoms with Gasteiger partial charge in [-0.25, -0.2) is 0 Å². The molecule has 0 radical (unpaired) electrons. The van der Waals surface area contributed by atoms with Crippen LogP contribution >= 0.6 is 0 Å². The lowest BCUT2D eigenvalue weighted by Gasteiger charge is -2.28. The molecule has 0 aliphatic heterocycles. The highest BCUT2D eigenvalue weighted by atomic mass is 14.3. The van der Waals surface area contributed by atoms with Crippen molar-refractivity contribution in [2.24, 2.45) is 17.8 Å². The third-order valence-electron chi connectivity index (χ3n) is 6.55. The largest absolute Gasteiger partial charge is 0.0848 e. The Balaban J connectivity index is 1.44. The molecule has 1 fully saturated rings.